The second kappa shape index (κ2) is 8.04. The van der Waals surface area contributed by atoms with Gasteiger partial charge in [0, 0.05) is 29.8 Å². The van der Waals surface area contributed by atoms with E-state index in [4.69, 9.17) is 5.10 Å². The van der Waals surface area contributed by atoms with Crippen molar-refractivity contribution in [2.75, 3.05) is 0 Å². The summed E-state index contributed by atoms with van der Waals surface area (Å²) in [5.41, 5.74) is 3.98. The molecule has 1 N–H and O–H groups in total. The first-order chi connectivity index (χ1) is 13.3. The lowest BCUT2D eigenvalue weighted by Gasteiger charge is -2.17. The third kappa shape index (κ3) is 4.00. The zero-order valence-corrected chi connectivity index (χ0v) is 15.2. The Balaban J connectivity index is 1.59. The van der Waals surface area contributed by atoms with Crippen LogP contribution in [-0.2, 0) is 11.3 Å². The van der Waals surface area contributed by atoms with Crippen molar-refractivity contribution in [3.8, 4) is 16.9 Å². The van der Waals surface area contributed by atoms with E-state index in [9.17, 15) is 4.79 Å². The number of carbonyl (C=O) groups excluding carboxylic acids is 1. The maximum absolute atomic E-state index is 12.5. The van der Waals surface area contributed by atoms with Crippen LogP contribution in [-0.4, -0.2) is 15.7 Å². The Labute approximate surface area is 159 Å². The molecule has 136 valence electrons. The molecule has 1 atom stereocenters. The molecule has 0 saturated carbocycles. The molecule has 1 aliphatic carbocycles. The average molecular weight is 357 g/mol. The first-order valence-electron chi connectivity index (χ1n) is 9.43. The predicted octanol–water partition coefficient (Wildman–Crippen LogP) is 4.51. The van der Waals surface area contributed by atoms with Gasteiger partial charge < -0.3 is 5.32 Å². The number of hydrogen-bond donors (Lipinski definition) is 1. The van der Waals surface area contributed by atoms with Crippen molar-refractivity contribution in [2.24, 2.45) is 5.92 Å². The van der Waals surface area contributed by atoms with Gasteiger partial charge in [0.2, 0.25) is 5.91 Å². The van der Waals surface area contributed by atoms with Crippen LogP contribution in [0.2, 0.25) is 0 Å². The van der Waals surface area contributed by atoms with E-state index in [0.717, 1.165) is 41.8 Å². The standard InChI is InChI=1S/C23H23N3O/c27-23(19-12-6-2-7-13-19)24-16-20-17-26(21-14-8-3-9-15-21)25-22(20)18-10-4-1-5-11-18/h1-6,8-11,14-15,17,19H,7,12-13,16H2,(H,24,27). The van der Waals surface area contributed by atoms with Crippen LogP contribution < -0.4 is 5.32 Å². The quantitative estimate of drug-likeness (QED) is 0.683. The molecule has 1 aromatic heterocycles. The smallest absolute Gasteiger partial charge is 0.223 e. The number of amides is 1. The Hall–Kier alpha value is -3.14. The molecule has 0 spiro atoms. The minimum Gasteiger partial charge on any atom is -0.352 e. The SMILES string of the molecule is O=C(NCc1cn(-c2ccccc2)nc1-c1ccccc1)C1CC=CCC1. The van der Waals surface area contributed by atoms with Gasteiger partial charge in [-0.3, -0.25) is 4.79 Å². The number of benzene rings is 2. The summed E-state index contributed by atoms with van der Waals surface area (Å²) in [6.45, 7) is 0.482. The lowest BCUT2D eigenvalue weighted by molar-refractivity contribution is -0.125. The van der Waals surface area contributed by atoms with E-state index in [1.807, 2.05) is 59.4 Å². The highest BCUT2D eigenvalue weighted by Crippen LogP contribution is 2.24. The average Bonchev–Trinajstić information content (AvgIpc) is 3.18. The Morgan fingerprint density at radius 1 is 1.04 bits per heavy atom. The summed E-state index contributed by atoms with van der Waals surface area (Å²) in [5.74, 6) is 0.213. The van der Waals surface area contributed by atoms with Crippen molar-refractivity contribution < 1.29 is 4.79 Å². The molecule has 0 aliphatic heterocycles. The number of nitrogens with one attached hydrogen (secondary N) is 1. The first kappa shape index (κ1) is 17.3. The topological polar surface area (TPSA) is 46.9 Å². The molecular weight excluding hydrogens is 334 g/mol. The van der Waals surface area contributed by atoms with Gasteiger partial charge in [-0.2, -0.15) is 5.10 Å². The van der Waals surface area contributed by atoms with Crippen LogP contribution in [0.1, 0.15) is 24.8 Å². The lowest BCUT2D eigenvalue weighted by Crippen LogP contribution is -2.30. The molecule has 4 nitrogen and oxygen atoms in total. The van der Waals surface area contributed by atoms with E-state index < -0.39 is 0 Å². The summed E-state index contributed by atoms with van der Waals surface area (Å²) in [6, 6.07) is 20.1. The van der Waals surface area contributed by atoms with Gasteiger partial charge in [0.25, 0.3) is 0 Å². The first-order valence-corrected chi connectivity index (χ1v) is 9.43. The number of rotatable bonds is 5. The van der Waals surface area contributed by atoms with Crippen LogP contribution in [0.4, 0.5) is 0 Å². The second-order valence-corrected chi connectivity index (χ2v) is 6.85. The molecule has 3 aromatic rings. The molecule has 4 rings (SSSR count). The molecule has 27 heavy (non-hydrogen) atoms. The van der Waals surface area contributed by atoms with Crippen molar-refractivity contribution in [3.05, 3.63) is 84.6 Å². The predicted molar refractivity (Wildman–Crippen MR) is 107 cm³/mol. The lowest BCUT2D eigenvalue weighted by atomic mass is 9.93. The fraction of sp³-hybridized carbons (Fsp3) is 0.217. The number of nitrogens with zero attached hydrogens (tertiary/aromatic N) is 2. The Kier molecular flexibility index (Phi) is 5.15. The van der Waals surface area contributed by atoms with Gasteiger partial charge >= 0.3 is 0 Å². The highest BCUT2D eigenvalue weighted by atomic mass is 16.1. The fourth-order valence-corrected chi connectivity index (χ4v) is 3.45. The monoisotopic (exact) mass is 357 g/mol. The molecule has 0 radical (unpaired) electrons. The van der Waals surface area contributed by atoms with Gasteiger partial charge in [-0.1, -0.05) is 60.7 Å². The highest BCUT2D eigenvalue weighted by Gasteiger charge is 2.19. The zero-order valence-electron chi connectivity index (χ0n) is 15.2. The van der Waals surface area contributed by atoms with Gasteiger partial charge in [-0.05, 0) is 31.4 Å². The minimum atomic E-state index is 0.0827. The van der Waals surface area contributed by atoms with Gasteiger partial charge in [-0.25, -0.2) is 4.68 Å². The summed E-state index contributed by atoms with van der Waals surface area (Å²) < 4.78 is 1.88. The highest BCUT2D eigenvalue weighted by molar-refractivity contribution is 5.79. The molecule has 0 fully saturated rings. The van der Waals surface area contributed by atoms with Crippen LogP contribution in [0.5, 0.6) is 0 Å². The van der Waals surface area contributed by atoms with Crippen LogP contribution in [0.25, 0.3) is 16.9 Å². The Morgan fingerprint density at radius 2 is 1.78 bits per heavy atom. The van der Waals surface area contributed by atoms with Gasteiger partial charge in [-0.15, -0.1) is 0 Å². The summed E-state index contributed by atoms with van der Waals surface area (Å²) in [7, 11) is 0. The molecule has 0 bridgehead atoms. The van der Waals surface area contributed by atoms with E-state index in [1.165, 1.54) is 0 Å². The van der Waals surface area contributed by atoms with Gasteiger partial charge in [0.15, 0.2) is 0 Å². The van der Waals surface area contributed by atoms with Gasteiger partial charge in [0.05, 0.1) is 11.4 Å². The third-order valence-corrected chi connectivity index (χ3v) is 4.95. The molecule has 0 saturated heterocycles. The minimum absolute atomic E-state index is 0.0827. The van der Waals surface area contributed by atoms with Crippen molar-refractivity contribution in [1.82, 2.24) is 15.1 Å². The van der Waals surface area contributed by atoms with Crippen LogP contribution in [0.15, 0.2) is 79.0 Å². The molecule has 1 heterocycles. The number of aromatic nitrogens is 2. The largest absolute Gasteiger partial charge is 0.352 e. The van der Waals surface area contributed by atoms with Crippen molar-refractivity contribution in [2.45, 2.75) is 25.8 Å². The normalized spacial score (nSPS) is 16.2. The number of allylic oxidation sites excluding steroid dienone is 2. The summed E-state index contributed by atoms with van der Waals surface area (Å²) in [4.78, 5) is 12.5. The number of carbonyl (C=O) groups is 1. The zero-order chi connectivity index (χ0) is 18.5. The van der Waals surface area contributed by atoms with E-state index >= 15 is 0 Å². The summed E-state index contributed by atoms with van der Waals surface area (Å²) in [6.07, 6.45) is 9.02. The summed E-state index contributed by atoms with van der Waals surface area (Å²) >= 11 is 0. The number of hydrogen-bond acceptors (Lipinski definition) is 2. The van der Waals surface area contributed by atoms with Crippen molar-refractivity contribution in [1.29, 1.82) is 0 Å². The fourth-order valence-electron chi connectivity index (χ4n) is 3.45. The van der Waals surface area contributed by atoms with E-state index in [0.29, 0.717) is 6.54 Å². The van der Waals surface area contributed by atoms with Crippen LogP contribution >= 0.6 is 0 Å². The number of para-hydroxylation sites is 1. The maximum Gasteiger partial charge on any atom is 0.223 e. The summed E-state index contributed by atoms with van der Waals surface area (Å²) in [5, 5.41) is 7.91. The Bertz CT molecular complexity index is 929. The van der Waals surface area contributed by atoms with Crippen molar-refractivity contribution in [3.63, 3.8) is 0 Å². The van der Waals surface area contributed by atoms with Crippen molar-refractivity contribution >= 4 is 5.91 Å². The van der Waals surface area contributed by atoms with E-state index in [2.05, 4.69) is 29.6 Å². The van der Waals surface area contributed by atoms with E-state index in [1.54, 1.807) is 0 Å². The van der Waals surface area contributed by atoms with E-state index in [-0.39, 0.29) is 11.8 Å². The van der Waals surface area contributed by atoms with Crippen LogP contribution in [0.3, 0.4) is 0 Å². The second-order valence-electron chi connectivity index (χ2n) is 6.85. The third-order valence-electron chi connectivity index (χ3n) is 4.95. The molecule has 4 heteroatoms. The maximum atomic E-state index is 12.5. The molecule has 1 aliphatic rings. The Morgan fingerprint density at radius 3 is 2.48 bits per heavy atom. The molecule has 1 amide bonds. The molecule has 1 unspecified atom stereocenters. The van der Waals surface area contributed by atoms with Gasteiger partial charge in [0.1, 0.15) is 0 Å². The molecule has 2 aromatic carbocycles. The molecular formula is C23H23N3O. The van der Waals surface area contributed by atoms with Crippen LogP contribution in [0, 0.1) is 5.92 Å².